The molecular weight excluding hydrogens is 388 g/mol. The van der Waals surface area contributed by atoms with Crippen LogP contribution < -0.4 is 10.2 Å². The third-order valence-electron chi connectivity index (χ3n) is 4.89. The summed E-state index contributed by atoms with van der Waals surface area (Å²) in [7, 11) is 0. The van der Waals surface area contributed by atoms with Crippen molar-refractivity contribution in [2.75, 3.05) is 10.2 Å². The lowest BCUT2D eigenvalue weighted by Gasteiger charge is -2.13. The van der Waals surface area contributed by atoms with Crippen LogP contribution in [0.25, 0.3) is 0 Å². The molecule has 0 radical (unpaired) electrons. The molecule has 144 valence electrons. The number of fused-ring (bicyclic) bond motifs is 1. The van der Waals surface area contributed by atoms with Crippen LogP contribution in [0.5, 0.6) is 0 Å². The van der Waals surface area contributed by atoms with Crippen molar-refractivity contribution in [2.45, 2.75) is 13.8 Å². The van der Waals surface area contributed by atoms with Crippen molar-refractivity contribution in [1.29, 1.82) is 0 Å². The number of benzene rings is 3. The predicted octanol–water partition coefficient (Wildman–Crippen LogP) is 5.01. The van der Waals surface area contributed by atoms with E-state index < -0.39 is 11.8 Å². The first kappa shape index (κ1) is 18.9. The third-order valence-corrected chi connectivity index (χ3v) is 5.12. The second-order valence-electron chi connectivity index (χ2n) is 6.95. The Kier molecular flexibility index (Phi) is 4.68. The summed E-state index contributed by atoms with van der Waals surface area (Å²) in [5.74, 6) is -1.22. The summed E-state index contributed by atoms with van der Waals surface area (Å²) < 4.78 is 0. The number of halogens is 1. The van der Waals surface area contributed by atoms with Gasteiger partial charge in [-0.1, -0.05) is 35.4 Å². The highest BCUT2D eigenvalue weighted by atomic mass is 35.5. The summed E-state index contributed by atoms with van der Waals surface area (Å²) in [6.45, 7) is 3.79. The monoisotopic (exact) mass is 404 g/mol. The number of rotatable bonds is 3. The molecule has 5 nitrogen and oxygen atoms in total. The van der Waals surface area contributed by atoms with Crippen molar-refractivity contribution in [2.24, 2.45) is 0 Å². The highest BCUT2D eigenvalue weighted by Crippen LogP contribution is 2.29. The number of carbonyl (C=O) groups is 3. The first-order valence-corrected chi connectivity index (χ1v) is 9.40. The van der Waals surface area contributed by atoms with Gasteiger partial charge in [-0.05, 0) is 61.9 Å². The topological polar surface area (TPSA) is 66.5 Å². The molecule has 0 atom stereocenters. The number of carbonyl (C=O) groups excluding carboxylic acids is 3. The van der Waals surface area contributed by atoms with Gasteiger partial charge in [0.05, 0.1) is 16.8 Å². The maximum Gasteiger partial charge on any atom is 0.266 e. The predicted molar refractivity (Wildman–Crippen MR) is 113 cm³/mol. The van der Waals surface area contributed by atoms with E-state index in [1.54, 1.807) is 24.3 Å². The highest BCUT2D eigenvalue weighted by molar-refractivity contribution is 6.35. The van der Waals surface area contributed by atoms with E-state index >= 15 is 0 Å². The molecule has 0 aromatic heterocycles. The van der Waals surface area contributed by atoms with E-state index in [-0.39, 0.29) is 22.6 Å². The van der Waals surface area contributed by atoms with E-state index in [2.05, 4.69) is 5.32 Å². The van der Waals surface area contributed by atoms with Gasteiger partial charge in [-0.15, -0.1) is 0 Å². The number of hydrogen-bond acceptors (Lipinski definition) is 3. The van der Waals surface area contributed by atoms with Crippen LogP contribution in [0.4, 0.5) is 11.4 Å². The van der Waals surface area contributed by atoms with Crippen molar-refractivity contribution in [3.63, 3.8) is 0 Å². The maximum absolute atomic E-state index is 12.9. The van der Waals surface area contributed by atoms with Crippen molar-refractivity contribution < 1.29 is 14.4 Å². The maximum atomic E-state index is 12.9. The molecule has 4 rings (SSSR count). The molecule has 0 spiro atoms. The van der Waals surface area contributed by atoms with Crippen LogP contribution in [0.15, 0.2) is 60.7 Å². The lowest BCUT2D eigenvalue weighted by Crippen LogP contribution is -2.29. The van der Waals surface area contributed by atoms with Crippen LogP contribution in [-0.4, -0.2) is 17.7 Å². The van der Waals surface area contributed by atoms with Gasteiger partial charge in [-0.2, -0.15) is 0 Å². The lowest BCUT2D eigenvalue weighted by atomic mass is 10.0. The third kappa shape index (κ3) is 3.41. The zero-order valence-electron chi connectivity index (χ0n) is 15.8. The normalized spacial score (nSPS) is 12.9. The van der Waals surface area contributed by atoms with Crippen molar-refractivity contribution in [1.82, 2.24) is 0 Å². The number of nitrogens with one attached hydrogen (secondary N) is 1. The Hall–Kier alpha value is -3.44. The number of anilines is 2. The Bertz CT molecular complexity index is 1170. The molecule has 29 heavy (non-hydrogen) atoms. The lowest BCUT2D eigenvalue weighted by molar-refractivity contribution is 0.0925. The second kappa shape index (κ2) is 7.18. The standard InChI is InChI=1S/C23H17ClN2O3/c1-13-3-8-17(9-4-13)26-22(28)18-10-6-15(11-19(18)23(26)29)21(27)25-20-12-16(24)7-5-14(20)2/h3-12H,1-2H3,(H,25,27). The Balaban J connectivity index is 1.64. The minimum Gasteiger partial charge on any atom is -0.322 e. The average molecular weight is 405 g/mol. The molecule has 0 saturated heterocycles. The van der Waals surface area contributed by atoms with Crippen LogP contribution >= 0.6 is 11.6 Å². The largest absolute Gasteiger partial charge is 0.322 e. The molecule has 1 aliphatic rings. The fourth-order valence-corrected chi connectivity index (χ4v) is 3.41. The van der Waals surface area contributed by atoms with Gasteiger partial charge in [-0.25, -0.2) is 4.90 Å². The van der Waals surface area contributed by atoms with Crippen LogP contribution in [0.3, 0.4) is 0 Å². The van der Waals surface area contributed by atoms with Gasteiger partial charge in [0.25, 0.3) is 17.7 Å². The molecule has 6 heteroatoms. The molecule has 0 unspecified atom stereocenters. The fourth-order valence-electron chi connectivity index (χ4n) is 3.23. The number of imide groups is 1. The summed E-state index contributed by atoms with van der Waals surface area (Å²) in [5, 5.41) is 3.31. The Labute approximate surface area is 172 Å². The minimum atomic E-state index is -0.442. The zero-order chi connectivity index (χ0) is 20.7. The van der Waals surface area contributed by atoms with Crippen LogP contribution in [-0.2, 0) is 0 Å². The summed E-state index contributed by atoms with van der Waals surface area (Å²) in [5.41, 5.74) is 3.77. The number of amides is 3. The smallest absolute Gasteiger partial charge is 0.266 e. The number of nitrogens with zero attached hydrogens (tertiary/aromatic N) is 1. The van der Waals surface area contributed by atoms with E-state index in [0.717, 1.165) is 16.0 Å². The summed E-state index contributed by atoms with van der Waals surface area (Å²) in [6, 6.07) is 16.9. The van der Waals surface area contributed by atoms with E-state index in [1.165, 1.54) is 18.2 Å². The van der Waals surface area contributed by atoms with Crippen LogP contribution in [0.1, 0.15) is 42.2 Å². The second-order valence-corrected chi connectivity index (χ2v) is 7.39. The minimum absolute atomic E-state index is 0.214. The zero-order valence-corrected chi connectivity index (χ0v) is 16.6. The first-order valence-electron chi connectivity index (χ1n) is 9.02. The molecule has 1 N–H and O–H groups in total. The van der Waals surface area contributed by atoms with Gasteiger partial charge in [0.2, 0.25) is 0 Å². The fraction of sp³-hybridized carbons (Fsp3) is 0.0870. The molecule has 3 amide bonds. The van der Waals surface area contributed by atoms with E-state index in [9.17, 15) is 14.4 Å². The van der Waals surface area contributed by atoms with Crippen molar-refractivity contribution >= 4 is 40.7 Å². The molecule has 0 bridgehead atoms. The van der Waals surface area contributed by atoms with Gasteiger partial charge in [0.1, 0.15) is 0 Å². The summed E-state index contributed by atoms with van der Waals surface area (Å²) in [4.78, 5) is 39.4. The van der Waals surface area contributed by atoms with Gasteiger partial charge < -0.3 is 5.32 Å². The molecule has 1 aliphatic heterocycles. The van der Waals surface area contributed by atoms with Crippen LogP contribution in [0.2, 0.25) is 5.02 Å². The van der Waals surface area contributed by atoms with Gasteiger partial charge >= 0.3 is 0 Å². The Morgan fingerprint density at radius 1 is 0.862 bits per heavy atom. The molecule has 3 aromatic rings. The van der Waals surface area contributed by atoms with Gasteiger partial charge in [0, 0.05) is 16.3 Å². The van der Waals surface area contributed by atoms with E-state index in [0.29, 0.717) is 16.4 Å². The van der Waals surface area contributed by atoms with Crippen molar-refractivity contribution in [3.8, 4) is 0 Å². The van der Waals surface area contributed by atoms with E-state index in [1.807, 2.05) is 32.0 Å². The molecule has 0 saturated carbocycles. The number of hydrogen-bond donors (Lipinski definition) is 1. The highest BCUT2D eigenvalue weighted by Gasteiger charge is 2.37. The first-order chi connectivity index (χ1) is 13.8. The molecular formula is C23H17ClN2O3. The molecule has 0 aliphatic carbocycles. The van der Waals surface area contributed by atoms with E-state index in [4.69, 9.17) is 11.6 Å². The van der Waals surface area contributed by atoms with Gasteiger partial charge in [0.15, 0.2) is 0 Å². The number of aryl methyl sites for hydroxylation is 2. The summed E-state index contributed by atoms with van der Waals surface area (Å²) >= 11 is 6.00. The molecule has 1 heterocycles. The van der Waals surface area contributed by atoms with Gasteiger partial charge in [-0.3, -0.25) is 14.4 Å². The Morgan fingerprint density at radius 3 is 2.28 bits per heavy atom. The summed E-state index contributed by atoms with van der Waals surface area (Å²) in [6.07, 6.45) is 0. The quantitative estimate of drug-likeness (QED) is 0.624. The molecule has 0 fully saturated rings. The van der Waals surface area contributed by atoms with Crippen molar-refractivity contribution in [3.05, 3.63) is 93.5 Å². The Morgan fingerprint density at radius 2 is 1.55 bits per heavy atom. The molecule has 3 aromatic carbocycles. The SMILES string of the molecule is Cc1ccc(N2C(=O)c3ccc(C(=O)Nc4cc(Cl)ccc4C)cc3C2=O)cc1. The van der Waals surface area contributed by atoms with Crippen LogP contribution in [0, 0.1) is 13.8 Å². The average Bonchev–Trinajstić information content (AvgIpc) is 2.95.